The van der Waals surface area contributed by atoms with Gasteiger partial charge in [0.1, 0.15) is 18.4 Å². The zero-order valence-corrected chi connectivity index (χ0v) is 23.5. The molecule has 0 fully saturated rings. The quantitative estimate of drug-likeness (QED) is 0.264. The fourth-order valence-electron chi connectivity index (χ4n) is 4.38. The molecule has 39 heavy (non-hydrogen) atoms. The predicted molar refractivity (Wildman–Crippen MR) is 154 cm³/mol. The molecule has 1 atom stereocenters. The Morgan fingerprint density at radius 3 is 2.59 bits per heavy atom. The first kappa shape index (κ1) is 26.9. The smallest absolute Gasteiger partial charge is 0.338 e. The number of hydrogen-bond donors (Lipinski definition) is 0. The van der Waals surface area contributed by atoms with Gasteiger partial charge < -0.3 is 9.47 Å². The van der Waals surface area contributed by atoms with Gasteiger partial charge in [-0.05, 0) is 66.9 Å². The number of fused-ring (bicyclic) bond motifs is 1. The van der Waals surface area contributed by atoms with Gasteiger partial charge in [0.25, 0.3) is 5.56 Å². The van der Waals surface area contributed by atoms with E-state index in [-0.39, 0.29) is 12.2 Å². The third-order valence-corrected chi connectivity index (χ3v) is 7.77. The number of nitrogens with zero attached hydrogens (tertiary/aromatic N) is 2. The molecule has 1 aliphatic heterocycles. The molecule has 1 aromatic heterocycles. The van der Waals surface area contributed by atoms with E-state index in [1.165, 1.54) is 15.9 Å². The van der Waals surface area contributed by atoms with Crippen LogP contribution in [0.1, 0.15) is 36.6 Å². The molecule has 5 rings (SSSR count). The van der Waals surface area contributed by atoms with E-state index in [2.05, 4.69) is 4.99 Å². The van der Waals surface area contributed by atoms with E-state index in [1.54, 1.807) is 32.1 Å². The Morgan fingerprint density at radius 2 is 1.85 bits per heavy atom. The number of aromatic nitrogens is 1. The van der Waals surface area contributed by atoms with Crippen LogP contribution < -0.4 is 19.6 Å². The van der Waals surface area contributed by atoms with Crippen LogP contribution in [0.3, 0.4) is 0 Å². The SMILES string of the molecule is CCOC(=O)C1=C(C)N=c2s/c(=C\c3cccc(OCc4ccc(Cl)cc4)c3)c(=O)n2[C@H]1c1ccccc1Cl. The predicted octanol–water partition coefficient (Wildman–Crippen LogP) is 5.68. The van der Waals surface area contributed by atoms with Crippen LogP contribution in [0.25, 0.3) is 6.08 Å². The van der Waals surface area contributed by atoms with Gasteiger partial charge in [-0.15, -0.1) is 0 Å². The topological polar surface area (TPSA) is 69.9 Å². The third-order valence-electron chi connectivity index (χ3n) is 6.19. The molecule has 0 unspecified atom stereocenters. The van der Waals surface area contributed by atoms with Crippen LogP contribution in [0.5, 0.6) is 5.75 Å². The Hall–Kier alpha value is -3.65. The summed E-state index contributed by atoms with van der Waals surface area (Å²) < 4.78 is 13.3. The van der Waals surface area contributed by atoms with Crippen LogP contribution in [0, 0.1) is 0 Å². The van der Waals surface area contributed by atoms with Crippen molar-refractivity contribution in [1.29, 1.82) is 0 Å². The van der Waals surface area contributed by atoms with Gasteiger partial charge in [0.05, 0.1) is 22.4 Å². The minimum Gasteiger partial charge on any atom is -0.489 e. The van der Waals surface area contributed by atoms with Crippen LogP contribution in [0.15, 0.2) is 93.9 Å². The van der Waals surface area contributed by atoms with Crippen molar-refractivity contribution in [2.45, 2.75) is 26.5 Å². The first-order valence-corrected chi connectivity index (χ1v) is 13.8. The van der Waals surface area contributed by atoms with Crippen molar-refractivity contribution in [1.82, 2.24) is 4.57 Å². The third kappa shape index (κ3) is 5.71. The van der Waals surface area contributed by atoms with Crippen molar-refractivity contribution in [3.63, 3.8) is 0 Å². The Balaban J connectivity index is 1.55. The summed E-state index contributed by atoms with van der Waals surface area (Å²) in [5.74, 6) is 0.143. The number of carbonyl (C=O) groups is 1. The van der Waals surface area contributed by atoms with Gasteiger partial charge >= 0.3 is 5.97 Å². The molecule has 0 radical (unpaired) electrons. The summed E-state index contributed by atoms with van der Waals surface area (Å²) >= 11 is 13.8. The fourth-order valence-corrected chi connectivity index (χ4v) is 5.79. The van der Waals surface area contributed by atoms with Gasteiger partial charge in [0.2, 0.25) is 0 Å². The fraction of sp³-hybridized carbons (Fsp3) is 0.167. The molecule has 2 heterocycles. The molecule has 1 aliphatic rings. The van der Waals surface area contributed by atoms with Gasteiger partial charge in [-0.3, -0.25) is 9.36 Å². The average Bonchev–Trinajstić information content (AvgIpc) is 3.22. The zero-order chi connectivity index (χ0) is 27.5. The van der Waals surface area contributed by atoms with Gasteiger partial charge in [0.15, 0.2) is 4.80 Å². The number of esters is 1. The largest absolute Gasteiger partial charge is 0.489 e. The number of rotatable bonds is 7. The Morgan fingerprint density at radius 1 is 1.08 bits per heavy atom. The van der Waals surface area contributed by atoms with E-state index in [1.807, 2.05) is 60.7 Å². The number of allylic oxidation sites excluding steroid dienone is 1. The van der Waals surface area contributed by atoms with Gasteiger partial charge in [-0.2, -0.15) is 0 Å². The molecule has 3 aromatic carbocycles. The van der Waals surface area contributed by atoms with Crippen molar-refractivity contribution in [3.05, 3.63) is 130 Å². The number of halogens is 2. The highest BCUT2D eigenvalue weighted by molar-refractivity contribution is 7.07. The summed E-state index contributed by atoms with van der Waals surface area (Å²) in [5, 5.41) is 1.11. The highest BCUT2D eigenvalue weighted by Crippen LogP contribution is 2.34. The number of hydrogen-bond acceptors (Lipinski definition) is 6. The second kappa shape index (κ2) is 11.6. The van der Waals surface area contributed by atoms with Crippen molar-refractivity contribution < 1.29 is 14.3 Å². The lowest BCUT2D eigenvalue weighted by atomic mass is 9.96. The molecule has 0 saturated carbocycles. The van der Waals surface area contributed by atoms with Gasteiger partial charge in [0, 0.05) is 10.0 Å². The van der Waals surface area contributed by atoms with Gasteiger partial charge in [-0.25, -0.2) is 9.79 Å². The number of ether oxygens (including phenoxy) is 2. The zero-order valence-electron chi connectivity index (χ0n) is 21.2. The molecule has 198 valence electrons. The maximum absolute atomic E-state index is 13.8. The summed E-state index contributed by atoms with van der Waals surface area (Å²) in [6.45, 7) is 4.07. The molecular weight excluding hydrogens is 555 g/mol. The van der Waals surface area contributed by atoms with Crippen molar-refractivity contribution in [3.8, 4) is 5.75 Å². The van der Waals surface area contributed by atoms with Gasteiger partial charge in [-0.1, -0.05) is 77.0 Å². The first-order chi connectivity index (χ1) is 18.9. The second-order valence-corrected chi connectivity index (χ2v) is 10.7. The Labute approximate surface area is 239 Å². The van der Waals surface area contributed by atoms with Crippen LogP contribution >= 0.6 is 34.5 Å². The molecule has 4 aromatic rings. The minimum absolute atomic E-state index is 0.200. The molecule has 6 nitrogen and oxygen atoms in total. The summed E-state index contributed by atoms with van der Waals surface area (Å²) in [6.07, 6.45) is 1.80. The summed E-state index contributed by atoms with van der Waals surface area (Å²) in [4.78, 5) is 31.9. The molecule has 0 saturated heterocycles. The number of thiazole rings is 1. The maximum Gasteiger partial charge on any atom is 0.338 e. The molecule has 0 bridgehead atoms. The summed E-state index contributed by atoms with van der Waals surface area (Å²) in [6, 6.07) is 21.4. The van der Waals surface area contributed by atoms with Crippen LogP contribution in [-0.2, 0) is 16.1 Å². The van der Waals surface area contributed by atoms with E-state index >= 15 is 0 Å². The van der Waals surface area contributed by atoms with Crippen molar-refractivity contribution in [2.24, 2.45) is 4.99 Å². The van der Waals surface area contributed by atoms with Crippen LogP contribution in [0.2, 0.25) is 10.0 Å². The van der Waals surface area contributed by atoms with E-state index < -0.39 is 12.0 Å². The van der Waals surface area contributed by atoms with E-state index in [0.29, 0.717) is 48.6 Å². The number of carbonyl (C=O) groups excluding carboxylic acids is 1. The van der Waals surface area contributed by atoms with Crippen molar-refractivity contribution >= 4 is 46.6 Å². The molecule has 0 amide bonds. The lowest BCUT2D eigenvalue weighted by Crippen LogP contribution is -2.40. The standard InChI is InChI=1S/C30H24Cl2N2O4S/c1-3-37-29(36)26-18(2)33-30-34(27(26)23-9-4-5-10-24(23)32)28(35)25(39-30)16-20-7-6-8-22(15-20)38-17-19-11-13-21(31)14-12-19/h4-16,27H,3,17H2,1-2H3/b25-16-/t27-/m0/s1. The first-order valence-electron chi connectivity index (χ1n) is 12.3. The molecule has 0 aliphatic carbocycles. The van der Waals surface area contributed by atoms with Crippen molar-refractivity contribution in [2.75, 3.05) is 6.61 Å². The maximum atomic E-state index is 13.8. The van der Waals surface area contributed by atoms with Crippen LogP contribution in [0.4, 0.5) is 0 Å². The highest BCUT2D eigenvalue weighted by Gasteiger charge is 2.34. The lowest BCUT2D eigenvalue weighted by Gasteiger charge is -2.25. The monoisotopic (exact) mass is 578 g/mol. The minimum atomic E-state index is -0.759. The van der Waals surface area contributed by atoms with E-state index in [9.17, 15) is 9.59 Å². The average molecular weight is 580 g/mol. The highest BCUT2D eigenvalue weighted by atomic mass is 35.5. The van der Waals surface area contributed by atoms with E-state index in [4.69, 9.17) is 32.7 Å². The summed E-state index contributed by atoms with van der Waals surface area (Å²) in [7, 11) is 0. The Kier molecular flexibility index (Phi) is 8.02. The Bertz CT molecular complexity index is 1760. The molecule has 0 spiro atoms. The van der Waals surface area contributed by atoms with E-state index in [0.717, 1.165) is 11.1 Å². The molecular formula is C30H24Cl2N2O4S. The van der Waals surface area contributed by atoms with Crippen LogP contribution in [-0.4, -0.2) is 17.1 Å². The second-order valence-electron chi connectivity index (χ2n) is 8.81. The number of benzene rings is 3. The summed E-state index contributed by atoms with van der Waals surface area (Å²) in [5.41, 5.74) is 2.92. The normalized spacial score (nSPS) is 15.1. The lowest BCUT2D eigenvalue weighted by molar-refractivity contribution is -0.139. The molecule has 0 N–H and O–H groups in total. The molecule has 9 heteroatoms.